The third-order valence-electron chi connectivity index (χ3n) is 3.79. The number of hydrogen-bond donors (Lipinski definition) is 2. The fourth-order valence-electron chi connectivity index (χ4n) is 2.77. The van der Waals surface area contributed by atoms with E-state index >= 15 is 0 Å². The quantitative estimate of drug-likeness (QED) is 0.814. The van der Waals surface area contributed by atoms with Gasteiger partial charge in [-0.15, -0.1) is 0 Å². The van der Waals surface area contributed by atoms with Gasteiger partial charge in [-0.3, -0.25) is 4.79 Å². The number of carbonyl (C=O) groups excluding carboxylic acids is 1. The average Bonchev–Trinajstić information content (AvgIpc) is 2.95. The fraction of sp³-hybridized carbons (Fsp3) is 0.400. The van der Waals surface area contributed by atoms with Crippen molar-refractivity contribution in [3.63, 3.8) is 0 Å². The van der Waals surface area contributed by atoms with Gasteiger partial charge in [-0.05, 0) is 49.4 Å². The molecule has 3 N–H and O–H groups in total. The molecule has 3 rings (SSSR count). The largest absolute Gasteiger partial charge is 0.451 e. The molecule has 1 saturated carbocycles. The molecule has 0 spiro atoms. The summed E-state index contributed by atoms with van der Waals surface area (Å²) in [4.78, 5) is 12.1. The Morgan fingerprint density at radius 2 is 2.21 bits per heavy atom. The van der Waals surface area contributed by atoms with Crippen molar-refractivity contribution >= 4 is 22.6 Å². The van der Waals surface area contributed by atoms with Crippen molar-refractivity contribution < 1.29 is 9.21 Å². The van der Waals surface area contributed by atoms with Crippen molar-refractivity contribution in [2.75, 3.05) is 5.73 Å². The first kappa shape index (κ1) is 12.1. The lowest BCUT2D eigenvalue weighted by Crippen LogP contribution is -2.32. The molecule has 0 saturated heterocycles. The Morgan fingerprint density at radius 3 is 2.95 bits per heavy atom. The SMILES string of the molecule is CC1CCC(NC(=O)c2cc3cc(N)ccc3o2)C1. The summed E-state index contributed by atoms with van der Waals surface area (Å²) in [5.41, 5.74) is 7.08. The van der Waals surface area contributed by atoms with Crippen LogP contribution in [0, 0.1) is 5.92 Å². The minimum atomic E-state index is -0.131. The Balaban J connectivity index is 1.78. The van der Waals surface area contributed by atoms with E-state index in [1.54, 1.807) is 18.2 Å². The summed E-state index contributed by atoms with van der Waals surface area (Å²) < 4.78 is 5.55. The maximum absolute atomic E-state index is 12.1. The predicted octanol–water partition coefficient (Wildman–Crippen LogP) is 2.93. The number of rotatable bonds is 2. The molecule has 2 unspecified atom stereocenters. The second kappa shape index (κ2) is 4.61. The molecule has 1 aromatic heterocycles. The van der Waals surface area contributed by atoms with Crippen LogP contribution < -0.4 is 11.1 Å². The Bertz CT molecular complexity index is 618. The lowest BCUT2D eigenvalue weighted by Gasteiger charge is -2.10. The number of carbonyl (C=O) groups is 1. The number of benzene rings is 1. The molecule has 4 nitrogen and oxygen atoms in total. The van der Waals surface area contributed by atoms with Crippen LogP contribution in [0.3, 0.4) is 0 Å². The van der Waals surface area contributed by atoms with Gasteiger partial charge in [-0.1, -0.05) is 6.92 Å². The summed E-state index contributed by atoms with van der Waals surface area (Å²) in [6, 6.07) is 7.40. The first-order valence-corrected chi connectivity index (χ1v) is 6.72. The number of fused-ring (bicyclic) bond motifs is 1. The molecule has 0 radical (unpaired) electrons. The lowest BCUT2D eigenvalue weighted by molar-refractivity contribution is 0.0911. The van der Waals surface area contributed by atoms with Gasteiger partial charge in [-0.25, -0.2) is 0 Å². The van der Waals surface area contributed by atoms with Crippen LogP contribution in [0.15, 0.2) is 28.7 Å². The van der Waals surface area contributed by atoms with E-state index < -0.39 is 0 Å². The van der Waals surface area contributed by atoms with Crippen molar-refractivity contribution in [1.29, 1.82) is 0 Å². The zero-order valence-electron chi connectivity index (χ0n) is 11.0. The summed E-state index contributed by atoms with van der Waals surface area (Å²) in [7, 11) is 0. The molecule has 1 amide bonds. The van der Waals surface area contributed by atoms with Gasteiger partial charge in [0.15, 0.2) is 5.76 Å². The van der Waals surface area contributed by atoms with E-state index in [0.717, 1.165) is 18.2 Å². The summed E-state index contributed by atoms with van der Waals surface area (Å²) in [6.45, 7) is 2.22. The summed E-state index contributed by atoms with van der Waals surface area (Å²) in [5.74, 6) is 0.926. The average molecular weight is 258 g/mol. The van der Waals surface area contributed by atoms with Crippen LogP contribution in [0.2, 0.25) is 0 Å². The fourth-order valence-corrected chi connectivity index (χ4v) is 2.77. The molecule has 2 aromatic rings. The van der Waals surface area contributed by atoms with Crippen molar-refractivity contribution in [2.45, 2.75) is 32.2 Å². The molecule has 0 aliphatic heterocycles. The van der Waals surface area contributed by atoms with E-state index in [-0.39, 0.29) is 11.9 Å². The second-order valence-electron chi connectivity index (χ2n) is 5.50. The van der Waals surface area contributed by atoms with Crippen LogP contribution in [0.1, 0.15) is 36.7 Å². The number of hydrogen-bond acceptors (Lipinski definition) is 3. The molecule has 19 heavy (non-hydrogen) atoms. The first-order chi connectivity index (χ1) is 9.11. The van der Waals surface area contributed by atoms with E-state index in [1.807, 2.05) is 6.07 Å². The second-order valence-corrected chi connectivity index (χ2v) is 5.50. The van der Waals surface area contributed by atoms with E-state index in [1.165, 1.54) is 6.42 Å². The van der Waals surface area contributed by atoms with Crippen LogP contribution in [0.5, 0.6) is 0 Å². The first-order valence-electron chi connectivity index (χ1n) is 6.72. The number of nitrogens with one attached hydrogen (secondary N) is 1. The standard InChI is InChI=1S/C15H18N2O2/c1-9-2-4-12(6-9)17-15(18)14-8-10-7-11(16)3-5-13(10)19-14/h3,5,7-9,12H,2,4,6,16H2,1H3,(H,17,18). The molecule has 1 heterocycles. The minimum Gasteiger partial charge on any atom is -0.451 e. The highest BCUT2D eigenvalue weighted by Crippen LogP contribution is 2.26. The number of nitrogen functional groups attached to an aromatic ring is 1. The summed E-state index contributed by atoms with van der Waals surface area (Å²) in [5, 5.41) is 3.90. The zero-order chi connectivity index (χ0) is 13.4. The van der Waals surface area contributed by atoms with Gasteiger partial charge < -0.3 is 15.5 Å². The topological polar surface area (TPSA) is 68.3 Å². The Hall–Kier alpha value is -1.97. The summed E-state index contributed by atoms with van der Waals surface area (Å²) >= 11 is 0. The van der Waals surface area contributed by atoms with Crippen molar-refractivity contribution in [2.24, 2.45) is 5.92 Å². The lowest BCUT2D eigenvalue weighted by atomic mass is 10.1. The monoisotopic (exact) mass is 258 g/mol. The smallest absolute Gasteiger partial charge is 0.287 e. The van der Waals surface area contributed by atoms with Gasteiger partial charge in [0.2, 0.25) is 0 Å². The van der Waals surface area contributed by atoms with E-state index in [9.17, 15) is 4.79 Å². The van der Waals surface area contributed by atoms with Crippen molar-refractivity contribution in [3.8, 4) is 0 Å². The van der Waals surface area contributed by atoms with Gasteiger partial charge in [0.1, 0.15) is 5.58 Å². The molecule has 1 fully saturated rings. The highest BCUT2D eigenvalue weighted by atomic mass is 16.3. The van der Waals surface area contributed by atoms with E-state index in [4.69, 9.17) is 10.2 Å². The molecule has 2 atom stereocenters. The van der Waals surface area contributed by atoms with E-state index in [0.29, 0.717) is 22.9 Å². The molecule has 1 aliphatic rings. The highest BCUT2D eigenvalue weighted by molar-refractivity contribution is 5.96. The van der Waals surface area contributed by atoms with Crippen molar-refractivity contribution in [3.05, 3.63) is 30.0 Å². The predicted molar refractivity (Wildman–Crippen MR) is 74.9 cm³/mol. The van der Waals surface area contributed by atoms with Crippen LogP contribution in [-0.2, 0) is 0 Å². The molecule has 0 bridgehead atoms. The van der Waals surface area contributed by atoms with Crippen LogP contribution in [0.4, 0.5) is 5.69 Å². The van der Waals surface area contributed by atoms with Gasteiger partial charge in [0.25, 0.3) is 5.91 Å². The van der Waals surface area contributed by atoms with E-state index in [2.05, 4.69) is 12.2 Å². The number of amides is 1. The molecule has 4 heteroatoms. The molecule has 1 aromatic carbocycles. The third-order valence-corrected chi connectivity index (χ3v) is 3.79. The van der Waals surface area contributed by atoms with Crippen LogP contribution in [0.25, 0.3) is 11.0 Å². The van der Waals surface area contributed by atoms with Crippen LogP contribution in [-0.4, -0.2) is 11.9 Å². The Labute approximate surface area is 112 Å². The van der Waals surface area contributed by atoms with Crippen LogP contribution >= 0.6 is 0 Å². The highest BCUT2D eigenvalue weighted by Gasteiger charge is 2.24. The van der Waals surface area contributed by atoms with Gasteiger partial charge >= 0.3 is 0 Å². The molecule has 100 valence electrons. The van der Waals surface area contributed by atoms with Gasteiger partial charge in [0.05, 0.1) is 0 Å². The minimum absolute atomic E-state index is 0.131. The molecular formula is C15H18N2O2. The Morgan fingerprint density at radius 1 is 1.37 bits per heavy atom. The maximum Gasteiger partial charge on any atom is 0.287 e. The maximum atomic E-state index is 12.1. The van der Waals surface area contributed by atoms with Crippen molar-refractivity contribution in [1.82, 2.24) is 5.32 Å². The summed E-state index contributed by atoms with van der Waals surface area (Å²) in [6.07, 6.45) is 3.29. The normalized spacial score (nSPS) is 22.8. The number of anilines is 1. The Kier molecular flexibility index (Phi) is 2.93. The van der Waals surface area contributed by atoms with Gasteiger partial charge in [-0.2, -0.15) is 0 Å². The zero-order valence-corrected chi connectivity index (χ0v) is 11.0. The number of nitrogens with two attached hydrogens (primary N) is 1. The van der Waals surface area contributed by atoms with Gasteiger partial charge in [0, 0.05) is 17.1 Å². The molecular weight excluding hydrogens is 240 g/mol. The third kappa shape index (κ3) is 2.43. The molecule has 1 aliphatic carbocycles. The number of furan rings is 1.